The maximum atomic E-state index is 12.3. The number of hydrogen-bond donors (Lipinski definition) is 2. The molecule has 3 N–H and O–H groups in total. The average Bonchev–Trinajstić information content (AvgIpc) is 2.35. The Hall–Kier alpha value is -1.64. The Kier molecular flexibility index (Phi) is 5.70. The monoisotopic (exact) mass is 315 g/mol. The van der Waals surface area contributed by atoms with E-state index in [0.29, 0.717) is 6.54 Å². The summed E-state index contributed by atoms with van der Waals surface area (Å²) in [5, 5.41) is 7.86. The van der Waals surface area contributed by atoms with E-state index in [-0.39, 0.29) is 22.3 Å². The van der Waals surface area contributed by atoms with Crippen LogP contribution in [0, 0.1) is 0 Å². The number of primary sulfonamides is 1. The zero-order chi connectivity index (χ0) is 16.2. The lowest BCUT2D eigenvalue weighted by atomic mass is 10.1. The number of amides is 1. The lowest BCUT2D eigenvalue weighted by Crippen LogP contribution is -2.39. The number of benzene rings is 1. The molecule has 0 radical (unpaired) electrons. The first-order valence-electron chi connectivity index (χ1n) is 6.31. The van der Waals surface area contributed by atoms with Crippen LogP contribution in [-0.4, -0.2) is 53.0 Å². The van der Waals surface area contributed by atoms with E-state index in [9.17, 15) is 13.2 Å². The summed E-state index contributed by atoms with van der Waals surface area (Å²) in [5.74, 6) is -0.122. The molecule has 1 atom stereocenters. The van der Waals surface area contributed by atoms with Gasteiger partial charge in [-0.15, -0.1) is 0 Å². The normalized spacial score (nSPS) is 13.0. The smallest absolute Gasteiger partial charge is 0.255 e. The zero-order valence-electron chi connectivity index (χ0n) is 12.6. The predicted molar refractivity (Wildman–Crippen MR) is 79.8 cm³/mol. The van der Waals surface area contributed by atoms with Gasteiger partial charge >= 0.3 is 0 Å². The lowest BCUT2D eigenvalue weighted by Gasteiger charge is -2.19. The molecule has 0 aromatic heterocycles. The zero-order valence-corrected chi connectivity index (χ0v) is 13.4. The minimum absolute atomic E-state index is 0.102. The van der Waals surface area contributed by atoms with Crippen molar-refractivity contribution in [2.24, 2.45) is 5.14 Å². The number of nitrogens with one attached hydrogen (secondary N) is 1. The summed E-state index contributed by atoms with van der Waals surface area (Å²) in [6.07, 6.45) is 0. The van der Waals surface area contributed by atoms with E-state index in [4.69, 9.17) is 9.88 Å². The van der Waals surface area contributed by atoms with E-state index < -0.39 is 15.9 Å². The van der Waals surface area contributed by atoms with E-state index in [2.05, 4.69) is 5.32 Å². The Labute approximate surface area is 125 Å². The third-order valence-electron chi connectivity index (χ3n) is 2.76. The summed E-state index contributed by atoms with van der Waals surface area (Å²) in [5.41, 5.74) is 0.134. The van der Waals surface area contributed by atoms with Crippen molar-refractivity contribution < 1.29 is 17.9 Å². The number of carbonyl (C=O) groups is 1. The van der Waals surface area contributed by atoms with E-state index >= 15 is 0 Å². The van der Waals surface area contributed by atoms with Crippen molar-refractivity contribution in [3.8, 4) is 5.75 Å². The van der Waals surface area contributed by atoms with Crippen molar-refractivity contribution in [2.75, 3.05) is 27.7 Å². The Bertz CT molecular complexity index is 614. The Morgan fingerprint density at radius 3 is 2.52 bits per heavy atom. The van der Waals surface area contributed by atoms with Crippen LogP contribution in [0.2, 0.25) is 0 Å². The van der Waals surface area contributed by atoms with E-state index in [0.717, 1.165) is 0 Å². The number of ether oxygens (including phenoxy) is 1. The number of likely N-dealkylation sites (N-methyl/N-ethyl adjacent to an activating group) is 1. The van der Waals surface area contributed by atoms with Crippen LogP contribution in [0.4, 0.5) is 0 Å². The lowest BCUT2D eigenvalue weighted by molar-refractivity contribution is 0.0931. The minimum atomic E-state index is -3.88. The highest BCUT2D eigenvalue weighted by Crippen LogP contribution is 2.22. The summed E-state index contributed by atoms with van der Waals surface area (Å²) in [6.45, 7) is 2.51. The molecule has 0 aliphatic heterocycles. The van der Waals surface area contributed by atoms with Gasteiger partial charge in [0.2, 0.25) is 10.0 Å². The highest BCUT2D eigenvalue weighted by molar-refractivity contribution is 7.89. The van der Waals surface area contributed by atoms with Crippen LogP contribution < -0.4 is 15.2 Å². The molecule has 0 saturated carbocycles. The van der Waals surface area contributed by atoms with Gasteiger partial charge in [-0.05, 0) is 39.2 Å². The van der Waals surface area contributed by atoms with Crippen LogP contribution in [0.5, 0.6) is 5.75 Å². The third-order valence-corrected chi connectivity index (χ3v) is 3.67. The Balaban J connectivity index is 3.07. The molecule has 7 nitrogen and oxygen atoms in total. The largest absolute Gasteiger partial charge is 0.496 e. The summed E-state index contributed by atoms with van der Waals surface area (Å²) in [4.78, 5) is 14.1. The van der Waals surface area contributed by atoms with Crippen molar-refractivity contribution in [1.29, 1.82) is 0 Å². The standard InChI is InChI=1S/C13H21N3O4S/c1-9(8-16(2)3)15-13(17)11-7-10(21(14,18)19)5-6-12(11)20-4/h5-7,9H,8H2,1-4H3,(H,15,17)(H2,14,18,19). The second-order valence-electron chi connectivity index (χ2n) is 5.04. The molecule has 0 fully saturated rings. The fourth-order valence-electron chi connectivity index (χ4n) is 1.94. The molecule has 0 spiro atoms. The molecule has 118 valence electrons. The van der Waals surface area contributed by atoms with Gasteiger partial charge in [-0.25, -0.2) is 13.6 Å². The maximum absolute atomic E-state index is 12.3. The number of sulfonamides is 1. The third kappa shape index (κ3) is 5.00. The second-order valence-corrected chi connectivity index (χ2v) is 6.61. The number of nitrogens with two attached hydrogens (primary N) is 1. The molecule has 1 rings (SSSR count). The van der Waals surface area contributed by atoms with E-state index in [1.54, 1.807) is 0 Å². The quantitative estimate of drug-likeness (QED) is 0.771. The van der Waals surface area contributed by atoms with Crippen LogP contribution in [0.25, 0.3) is 0 Å². The number of rotatable bonds is 6. The van der Waals surface area contributed by atoms with Crippen LogP contribution in [-0.2, 0) is 10.0 Å². The van der Waals surface area contributed by atoms with Gasteiger partial charge in [0.15, 0.2) is 0 Å². The van der Waals surface area contributed by atoms with Crippen molar-refractivity contribution in [3.05, 3.63) is 23.8 Å². The van der Waals surface area contributed by atoms with Crippen molar-refractivity contribution in [1.82, 2.24) is 10.2 Å². The molecule has 0 aliphatic carbocycles. The first-order valence-corrected chi connectivity index (χ1v) is 7.86. The first-order chi connectivity index (χ1) is 9.65. The molecule has 0 heterocycles. The average molecular weight is 315 g/mol. The van der Waals surface area contributed by atoms with Crippen molar-refractivity contribution >= 4 is 15.9 Å². The molecular weight excluding hydrogens is 294 g/mol. The predicted octanol–water partition coefficient (Wildman–Crippen LogP) is 0.0225. The summed E-state index contributed by atoms with van der Waals surface area (Å²) in [6, 6.07) is 3.82. The van der Waals surface area contributed by atoms with Gasteiger partial charge in [-0.1, -0.05) is 0 Å². The summed E-state index contributed by atoms with van der Waals surface area (Å²) >= 11 is 0. The molecule has 1 amide bonds. The molecular formula is C13H21N3O4S. The molecule has 1 aromatic carbocycles. The minimum Gasteiger partial charge on any atom is -0.496 e. The van der Waals surface area contributed by atoms with Crippen molar-refractivity contribution in [2.45, 2.75) is 17.9 Å². The van der Waals surface area contributed by atoms with Crippen LogP contribution in [0.1, 0.15) is 17.3 Å². The molecule has 0 bridgehead atoms. The summed E-state index contributed by atoms with van der Waals surface area (Å²) < 4.78 is 27.8. The topological polar surface area (TPSA) is 102 Å². The molecule has 0 saturated heterocycles. The Morgan fingerprint density at radius 1 is 1.43 bits per heavy atom. The van der Waals surface area contributed by atoms with Gasteiger partial charge in [-0.3, -0.25) is 4.79 Å². The molecule has 21 heavy (non-hydrogen) atoms. The molecule has 8 heteroatoms. The van der Waals surface area contributed by atoms with Crippen LogP contribution in [0.15, 0.2) is 23.1 Å². The van der Waals surface area contributed by atoms with E-state index in [1.807, 2.05) is 25.9 Å². The second kappa shape index (κ2) is 6.88. The van der Waals surface area contributed by atoms with Crippen molar-refractivity contribution in [3.63, 3.8) is 0 Å². The van der Waals surface area contributed by atoms with Gasteiger partial charge in [0.05, 0.1) is 17.6 Å². The van der Waals surface area contributed by atoms with Gasteiger partial charge in [-0.2, -0.15) is 0 Å². The number of carbonyl (C=O) groups excluding carboxylic acids is 1. The van der Waals surface area contributed by atoms with Gasteiger partial charge in [0.1, 0.15) is 5.75 Å². The fraction of sp³-hybridized carbons (Fsp3) is 0.462. The van der Waals surface area contributed by atoms with Gasteiger partial charge < -0.3 is 15.0 Å². The fourth-order valence-corrected chi connectivity index (χ4v) is 2.48. The number of hydrogen-bond acceptors (Lipinski definition) is 5. The van der Waals surface area contributed by atoms with Gasteiger partial charge in [0, 0.05) is 12.6 Å². The van der Waals surface area contributed by atoms with Crippen LogP contribution >= 0.6 is 0 Å². The number of nitrogens with zero attached hydrogens (tertiary/aromatic N) is 1. The maximum Gasteiger partial charge on any atom is 0.255 e. The first kappa shape index (κ1) is 17.4. The molecule has 1 aromatic rings. The highest BCUT2D eigenvalue weighted by atomic mass is 32.2. The molecule has 1 unspecified atom stereocenters. The Morgan fingerprint density at radius 2 is 2.05 bits per heavy atom. The van der Waals surface area contributed by atoms with Crippen LogP contribution in [0.3, 0.4) is 0 Å². The van der Waals surface area contributed by atoms with E-state index in [1.165, 1.54) is 25.3 Å². The number of methoxy groups -OCH3 is 1. The van der Waals surface area contributed by atoms with Gasteiger partial charge in [0.25, 0.3) is 5.91 Å². The summed E-state index contributed by atoms with van der Waals surface area (Å²) in [7, 11) is 1.32. The SMILES string of the molecule is COc1ccc(S(N)(=O)=O)cc1C(=O)NC(C)CN(C)C. The molecule has 0 aliphatic rings. The highest BCUT2D eigenvalue weighted by Gasteiger charge is 2.18.